The summed E-state index contributed by atoms with van der Waals surface area (Å²) in [7, 11) is 0. The molecule has 4 bridgehead atoms. The van der Waals surface area contributed by atoms with Gasteiger partial charge in [0.2, 0.25) is 11.8 Å². The molecule has 0 aromatic carbocycles. The number of rotatable bonds is 3. The van der Waals surface area contributed by atoms with Crippen LogP contribution in [0.4, 0.5) is 0 Å². The SMILES string of the molecule is O=C(NC12CC3CC(CC(C3)C1)C2)C1CCCN(C(=O)C2CC2)C1. The maximum absolute atomic E-state index is 13.0. The number of hydrogen-bond donors (Lipinski definition) is 1. The summed E-state index contributed by atoms with van der Waals surface area (Å²) in [6.45, 7) is 1.52. The Kier molecular flexibility index (Phi) is 3.47. The van der Waals surface area contributed by atoms with Crippen molar-refractivity contribution >= 4 is 11.8 Å². The number of hydrogen-bond acceptors (Lipinski definition) is 2. The van der Waals surface area contributed by atoms with Gasteiger partial charge in [0.1, 0.15) is 0 Å². The van der Waals surface area contributed by atoms with Gasteiger partial charge in [0.25, 0.3) is 0 Å². The average Bonchev–Trinajstić information content (AvgIpc) is 3.37. The van der Waals surface area contributed by atoms with E-state index in [1.807, 2.05) is 4.90 Å². The summed E-state index contributed by atoms with van der Waals surface area (Å²) in [6.07, 6.45) is 11.9. The number of piperidine rings is 1. The standard InChI is InChI=1S/C20H30N2O2/c23-18(17-2-1-5-22(12-17)19(24)16-3-4-16)21-20-9-13-6-14(10-20)8-15(7-13)11-20/h13-17H,1-12H2,(H,21,23). The molecule has 1 unspecified atom stereocenters. The van der Waals surface area contributed by atoms with Crippen molar-refractivity contribution < 1.29 is 9.59 Å². The molecule has 0 spiro atoms. The molecule has 0 aromatic heterocycles. The van der Waals surface area contributed by atoms with Crippen LogP contribution in [0.5, 0.6) is 0 Å². The molecule has 1 atom stereocenters. The van der Waals surface area contributed by atoms with Crippen LogP contribution in [0.15, 0.2) is 0 Å². The lowest BCUT2D eigenvalue weighted by Gasteiger charge is -2.57. The summed E-state index contributed by atoms with van der Waals surface area (Å²) >= 11 is 0. The first-order valence-corrected chi connectivity index (χ1v) is 10.2. The molecule has 24 heavy (non-hydrogen) atoms. The Morgan fingerprint density at radius 1 is 0.875 bits per heavy atom. The number of nitrogens with one attached hydrogen (secondary N) is 1. The Morgan fingerprint density at radius 2 is 1.50 bits per heavy atom. The molecule has 0 radical (unpaired) electrons. The van der Waals surface area contributed by atoms with E-state index in [0.717, 1.165) is 50.0 Å². The van der Waals surface area contributed by atoms with E-state index in [9.17, 15) is 9.59 Å². The number of carbonyl (C=O) groups excluding carboxylic acids is 2. The molecule has 5 saturated carbocycles. The van der Waals surface area contributed by atoms with E-state index in [1.165, 1.54) is 38.5 Å². The monoisotopic (exact) mass is 330 g/mol. The van der Waals surface area contributed by atoms with Crippen molar-refractivity contribution in [2.75, 3.05) is 13.1 Å². The maximum Gasteiger partial charge on any atom is 0.225 e. The van der Waals surface area contributed by atoms with E-state index in [0.29, 0.717) is 12.5 Å². The van der Waals surface area contributed by atoms with Crippen molar-refractivity contribution in [3.8, 4) is 0 Å². The van der Waals surface area contributed by atoms with Crippen molar-refractivity contribution in [3.63, 3.8) is 0 Å². The maximum atomic E-state index is 13.0. The second kappa shape index (κ2) is 5.47. The average molecular weight is 330 g/mol. The molecular weight excluding hydrogens is 300 g/mol. The third kappa shape index (κ3) is 2.66. The Hall–Kier alpha value is -1.06. The van der Waals surface area contributed by atoms with E-state index < -0.39 is 0 Å². The van der Waals surface area contributed by atoms with Crippen molar-refractivity contribution in [3.05, 3.63) is 0 Å². The Morgan fingerprint density at radius 3 is 2.08 bits per heavy atom. The van der Waals surface area contributed by atoms with Crippen molar-refractivity contribution in [1.82, 2.24) is 10.2 Å². The molecule has 0 aromatic rings. The molecule has 132 valence electrons. The zero-order valence-corrected chi connectivity index (χ0v) is 14.6. The summed E-state index contributed by atoms with van der Waals surface area (Å²) in [5, 5.41) is 3.52. The lowest BCUT2D eigenvalue weighted by Crippen LogP contribution is -2.61. The number of carbonyl (C=O) groups is 2. The van der Waals surface area contributed by atoms with E-state index in [2.05, 4.69) is 5.32 Å². The molecule has 1 saturated heterocycles. The highest BCUT2D eigenvalue weighted by Crippen LogP contribution is 2.55. The number of likely N-dealkylation sites (tertiary alicyclic amines) is 1. The van der Waals surface area contributed by atoms with Gasteiger partial charge in [-0.05, 0) is 82.0 Å². The van der Waals surface area contributed by atoms with Gasteiger partial charge >= 0.3 is 0 Å². The van der Waals surface area contributed by atoms with Gasteiger partial charge in [-0.2, -0.15) is 0 Å². The van der Waals surface area contributed by atoms with Crippen LogP contribution in [0.3, 0.4) is 0 Å². The van der Waals surface area contributed by atoms with E-state index in [4.69, 9.17) is 0 Å². The zero-order valence-electron chi connectivity index (χ0n) is 14.6. The minimum absolute atomic E-state index is 0.0226. The summed E-state index contributed by atoms with van der Waals surface area (Å²) in [5.41, 5.74) is 0.106. The van der Waals surface area contributed by atoms with Gasteiger partial charge in [0, 0.05) is 24.5 Å². The van der Waals surface area contributed by atoms with Crippen LogP contribution in [0.1, 0.15) is 64.2 Å². The highest BCUT2D eigenvalue weighted by atomic mass is 16.2. The quantitative estimate of drug-likeness (QED) is 0.865. The molecule has 5 aliphatic carbocycles. The van der Waals surface area contributed by atoms with Crippen LogP contribution in [-0.2, 0) is 9.59 Å². The Bertz CT molecular complexity index is 519. The molecule has 6 fully saturated rings. The van der Waals surface area contributed by atoms with Crippen LogP contribution in [-0.4, -0.2) is 35.3 Å². The van der Waals surface area contributed by atoms with Crippen LogP contribution in [0.25, 0.3) is 0 Å². The summed E-state index contributed by atoms with van der Waals surface area (Å²) in [6, 6.07) is 0. The van der Waals surface area contributed by atoms with Crippen molar-refractivity contribution in [1.29, 1.82) is 0 Å². The molecule has 4 nitrogen and oxygen atoms in total. The lowest BCUT2D eigenvalue weighted by atomic mass is 9.53. The molecule has 1 N–H and O–H groups in total. The van der Waals surface area contributed by atoms with Crippen LogP contribution < -0.4 is 5.32 Å². The van der Waals surface area contributed by atoms with Gasteiger partial charge in [-0.3, -0.25) is 9.59 Å². The van der Waals surface area contributed by atoms with Gasteiger partial charge in [-0.15, -0.1) is 0 Å². The summed E-state index contributed by atoms with van der Waals surface area (Å²) in [4.78, 5) is 27.3. The number of amides is 2. The van der Waals surface area contributed by atoms with Gasteiger partial charge in [0.05, 0.1) is 5.92 Å². The van der Waals surface area contributed by atoms with Crippen LogP contribution in [0, 0.1) is 29.6 Å². The first-order valence-electron chi connectivity index (χ1n) is 10.2. The molecule has 1 aliphatic heterocycles. The topological polar surface area (TPSA) is 49.4 Å². The van der Waals surface area contributed by atoms with Gasteiger partial charge in [-0.25, -0.2) is 0 Å². The van der Waals surface area contributed by atoms with Gasteiger partial charge < -0.3 is 10.2 Å². The smallest absolute Gasteiger partial charge is 0.225 e. The largest absolute Gasteiger partial charge is 0.350 e. The third-order valence-corrected chi connectivity index (χ3v) is 7.46. The molecular formula is C20H30N2O2. The number of nitrogens with zero attached hydrogens (tertiary/aromatic N) is 1. The highest BCUT2D eigenvalue weighted by molar-refractivity contribution is 5.84. The molecule has 2 amide bonds. The van der Waals surface area contributed by atoms with Crippen molar-refractivity contribution in [2.24, 2.45) is 29.6 Å². The second-order valence-corrected chi connectivity index (χ2v) is 9.58. The fourth-order valence-electron chi connectivity index (χ4n) is 6.61. The molecule has 1 heterocycles. The zero-order chi connectivity index (χ0) is 16.3. The summed E-state index contributed by atoms with van der Waals surface area (Å²) < 4.78 is 0. The Balaban J connectivity index is 1.24. The van der Waals surface area contributed by atoms with Crippen LogP contribution in [0.2, 0.25) is 0 Å². The first-order chi connectivity index (χ1) is 11.6. The third-order valence-electron chi connectivity index (χ3n) is 7.46. The van der Waals surface area contributed by atoms with Crippen molar-refractivity contribution in [2.45, 2.75) is 69.7 Å². The second-order valence-electron chi connectivity index (χ2n) is 9.58. The molecule has 4 heteroatoms. The molecule has 6 aliphatic rings. The minimum atomic E-state index is 0.0226. The normalized spacial score (nSPS) is 43.8. The fraction of sp³-hybridized carbons (Fsp3) is 0.900. The Labute approximate surface area is 144 Å². The van der Waals surface area contributed by atoms with E-state index in [1.54, 1.807) is 0 Å². The fourth-order valence-corrected chi connectivity index (χ4v) is 6.61. The predicted molar refractivity (Wildman–Crippen MR) is 91.1 cm³/mol. The molecule has 6 rings (SSSR count). The summed E-state index contributed by atoms with van der Waals surface area (Å²) in [5.74, 6) is 3.42. The van der Waals surface area contributed by atoms with E-state index >= 15 is 0 Å². The van der Waals surface area contributed by atoms with Gasteiger partial charge in [0.15, 0.2) is 0 Å². The van der Waals surface area contributed by atoms with Crippen LogP contribution >= 0.6 is 0 Å². The first kappa shape index (κ1) is 15.2. The van der Waals surface area contributed by atoms with Gasteiger partial charge in [-0.1, -0.05) is 0 Å². The lowest BCUT2D eigenvalue weighted by molar-refractivity contribution is -0.138. The predicted octanol–water partition coefficient (Wildman–Crippen LogP) is 2.72. The van der Waals surface area contributed by atoms with E-state index in [-0.39, 0.29) is 23.3 Å². The minimum Gasteiger partial charge on any atom is -0.350 e. The highest BCUT2D eigenvalue weighted by Gasteiger charge is 2.52.